The number of carbonyl (C=O) groups excluding carboxylic acids is 1. The van der Waals surface area contributed by atoms with E-state index in [0.717, 1.165) is 24.1 Å². The van der Waals surface area contributed by atoms with Crippen molar-refractivity contribution >= 4 is 22.9 Å². The molecule has 1 aliphatic carbocycles. The first-order chi connectivity index (χ1) is 10.2. The monoisotopic (exact) mass is 302 g/mol. The van der Waals surface area contributed by atoms with Gasteiger partial charge < -0.3 is 15.4 Å². The Hall–Kier alpha value is -2.01. The van der Waals surface area contributed by atoms with Gasteiger partial charge in [-0.2, -0.15) is 0 Å². The number of amides is 1. The molecule has 0 saturated heterocycles. The fourth-order valence-corrected chi connectivity index (χ4v) is 3.13. The number of carbonyl (C=O) groups is 1. The molecule has 2 N–H and O–H groups in total. The van der Waals surface area contributed by atoms with Gasteiger partial charge in [0.2, 0.25) is 0 Å². The molecule has 1 fully saturated rings. The molecule has 1 heterocycles. The zero-order chi connectivity index (χ0) is 14.8. The summed E-state index contributed by atoms with van der Waals surface area (Å²) in [5, 5.41) is 1.89. The van der Waals surface area contributed by atoms with Gasteiger partial charge in [0.05, 0.1) is 7.11 Å². The number of rotatable bonds is 5. The molecule has 0 spiro atoms. The smallest absolute Gasteiger partial charge is 0.268 e. The SMILES string of the molecule is COc1ccsc1C(=O)N(Cc1ccc(N)cc1)C1CC1. The molecule has 1 aliphatic rings. The second-order valence-electron chi connectivity index (χ2n) is 5.22. The maximum atomic E-state index is 12.8. The average Bonchev–Trinajstić information content (AvgIpc) is 3.22. The highest BCUT2D eigenvalue weighted by atomic mass is 32.1. The van der Waals surface area contributed by atoms with Gasteiger partial charge in [-0.15, -0.1) is 11.3 Å². The van der Waals surface area contributed by atoms with Gasteiger partial charge in [-0.05, 0) is 42.0 Å². The van der Waals surface area contributed by atoms with Gasteiger partial charge in [-0.1, -0.05) is 12.1 Å². The highest BCUT2D eigenvalue weighted by molar-refractivity contribution is 7.12. The highest BCUT2D eigenvalue weighted by Crippen LogP contribution is 2.33. The number of methoxy groups -OCH3 is 1. The Labute approximate surface area is 128 Å². The summed E-state index contributed by atoms with van der Waals surface area (Å²) in [6, 6.07) is 9.88. The molecule has 0 unspecified atom stereocenters. The van der Waals surface area contributed by atoms with Crippen LogP contribution in [0.1, 0.15) is 28.1 Å². The third kappa shape index (κ3) is 3.03. The van der Waals surface area contributed by atoms with Crippen molar-refractivity contribution in [2.75, 3.05) is 12.8 Å². The Balaban J connectivity index is 1.81. The van der Waals surface area contributed by atoms with Crippen LogP contribution in [0.15, 0.2) is 35.7 Å². The maximum absolute atomic E-state index is 12.8. The molecule has 5 heteroatoms. The van der Waals surface area contributed by atoms with Gasteiger partial charge >= 0.3 is 0 Å². The van der Waals surface area contributed by atoms with Gasteiger partial charge in [-0.25, -0.2) is 0 Å². The van der Waals surface area contributed by atoms with Crippen LogP contribution < -0.4 is 10.5 Å². The second-order valence-corrected chi connectivity index (χ2v) is 6.14. The van der Waals surface area contributed by atoms with Gasteiger partial charge in [0.1, 0.15) is 10.6 Å². The predicted octanol–water partition coefficient (Wildman–Crippen LogP) is 3.14. The number of hydrogen-bond acceptors (Lipinski definition) is 4. The van der Waals surface area contributed by atoms with E-state index in [9.17, 15) is 4.79 Å². The lowest BCUT2D eigenvalue weighted by atomic mass is 10.2. The van der Waals surface area contributed by atoms with Crippen LogP contribution in [0, 0.1) is 0 Å². The van der Waals surface area contributed by atoms with Crippen LogP contribution in [0.4, 0.5) is 5.69 Å². The fraction of sp³-hybridized carbons (Fsp3) is 0.312. The number of thiophene rings is 1. The van der Waals surface area contributed by atoms with Gasteiger partial charge in [0, 0.05) is 18.3 Å². The van der Waals surface area contributed by atoms with E-state index in [0.29, 0.717) is 23.2 Å². The molecule has 4 nitrogen and oxygen atoms in total. The number of ether oxygens (including phenoxy) is 1. The molecule has 0 atom stereocenters. The standard InChI is InChI=1S/C16H18N2O2S/c1-20-14-8-9-21-15(14)16(19)18(13-6-7-13)10-11-2-4-12(17)5-3-11/h2-5,8-9,13H,6-7,10,17H2,1H3. The molecule has 3 rings (SSSR count). The van der Waals surface area contributed by atoms with Gasteiger partial charge in [0.25, 0.3) is 5.91 Å². The summed E-state index contributed by atoms with van der Waals surface area (Å²) < 4.78 is 5.27. The van der Waals surface area contributed by atoms with Crippen molar-refractivity contribution in [3.63, 3.8) is 0 Å². The van der Waals surface area contributed by atoms with Crippen LogP contribution in [0.25, 0.3) is 0 Å². The zero-order valence-corrected chi connectivity index (χ0v) is 12.7. The predicted molar refractivity (Wildman–Crippen MR) is 84.6 cm³/mol. The van der Waals surface area contributed by atoms with Crippen molar-refractivity contribution in [1.29, 1.82) is 0 Å². The Morgan fingerprint density at radius 3 is 2.67 bits per heavy atom. The van der Waals surface area contributed by atoms with Crippen LogP contribution >= 0.6 is 11.3 Å². The van der Waals surface area contributed by atoms with Crippen molar-refractivity contribution < 1.29 is 9.53 Å². The van der Waals surface area contributed by atoms with E-state index in [4.69, 9.17) is 10.5 Å². The van der Waals surface area contributed by atoms with E-state index in [1.165, 1.54) is 11.3 Å². The van der Waals surface area contributed by atoms with Crippen molar-refractivity contribution in [1.82, 2.24) is 4.90 Å². The lowest BCUT2D eigenvalue weighted by Gasteiger charge is -2.22. The number of nitrogen functional groups attached to an aromatic ring is 1. The Bertz CT molecular complexity index is 632. The lowest BCUT2D eigenvalue weighted by molar-refractivity contribution is 0.0732. The number of nitrogens with zero attached hydrogens (tertiary/aromatic N) is 1. The van der Waals surface area contributed by atoms with Crippen LogP contribution in [0.3, 0.4) is 0 Å². The molecule has 0 aliphatic heterocycles. The summed E-state index contributed by atoms with van der Waals surface area (Å²) in [6.45, 7) is 0.616. The van der Waals surface area contributed by atoms with Gasteiger partial charge in [0.15, 0.2) is 0 Å². The van der Waals surface area contributed by atoms with Crippen LogP contribution in [0.5, 0.6) is 5.75 Å². The quantitative estimate of drug-likeness (QED) is 0.863. The summed E-state index contributed by atoms with van der Waals surface area (Å²) >= 11 is 1.43. The van der Waals surface area contributed by atoms with Crippen molar-refractivity contribution in [2.24, 2.45) is 0 Å². The van der Waals surface area contributed by atoms with E-state index in [2.05, 4.69) is 0 Å². The fourth-order valence-electron chi connectivity index (χ4n) is 2.32. The molecular formula is C16H18N2O2S. The summed E-state index contributed by atoms with van der Waals surface area (Å²) in [5.41, 5.74) is 7.55. The third-order valence-electron chi connectivity index (χ3n) is 3.62. The summed E-state index contributed by atoms with van der Waals surface area (Å²) in [7, 11) is 1.60. The Morgan fingerprint density at radius 2 is 2.05 bits per heavy atom. The average molecular weight is 302 g/mol. The molecule has 0 bridgehead atoms. The minimum atomic E-state index is 0.0566. The summed E-state index contributed by atoms with van der Waals surface area (Å²) in [6.07, 6.45) is 2.16. The van der Waals surface area contributed by atoms with Crippen LogP contribution in [0.2, 0.25) is 0 Å². The number of benzene rings is 1. The van der Waals surface area contributed by atoms with Crippen LogP contribution in [-0.2, 0) is 6.54 Å². The highest BCUT2D eigenvalue weighted by Gasteiger charge is 2.34. The third-order valence-corrected chi connectivity index (χ3v) is 4.51. The minimum Gasteiger partial charge on any atom is -0.495 e. The number of hydrogen-bond donors (Lipinski definition) is 1. The van der Waals surface area contributed by atoms with Crippen molar-refractivity contribution in [3.05, 3.63) is 46.2 Å². The summed E-state index contributed by atoms with van der Waals surface area (Å²) in [5.74, 6) is 0.717. The molecule has 1 aromatic heterocycles. The van der Waals surface area contributed by atoms with E-state index in [1.807, 2.05) is 40.6 Å². The molecule has 1 saturated carbocycles. The minimum absolute atomic E-state index is 0.0566. The lowest BCUT2D eigenvalue weighted by Crippen LogP contribution is -2.32. The molecule has 2 aromatic rings. The van der Waals surface area contributed by atoms with Crippen molar-refractivity contribution in [3.8, 4) is 5.75 Å². The van der Waals surface area contributed by atoms with E-state index < -0.39 is 0 Å². The first-order valence-corrected chi connectivity index (χ1v) is 7.84. The largest absolute Gasteiger partial charge is 0.495 e. The number of anilines is 1. The molecule has 1 amide bonds. The first kappa shape index (κ1) is 13.9. The summed E-state index contributed by atoms with van der Waals surface area (Å²) in [4.78, 5) is 15.4. The maximum Gasteiger partial charge on any atom is 0.268 e. The normalized spacial score (nSPS) is 14.0. The van der Waals surface area contributed by atoms with Crippen molar-refractivity contribution in [2.45, 2.75) is 25.4 Å². The van der Waals surface area contributed by atoms with Crippen LogP contribution in [-0.4, -0.2) is 24.0 Å². The molecule has 0 radical (unpaired) electrons. The molecule has 110 valence electrons. The number of nitrogens with two attached hydrogens (primary N) is 1. The molecule has 1 aromatic carbocycles. The molecule has 21 heavy (non-hydrogen) atoms. The van der Waals surface area contributed by atoms with E-state index in [1.54, 1.807) is 7.11 Å². The Morgan fingerprint density at radius 1 is 1.33 bits per heavy atom. The van der Waals surface area contributed by atoms with Gasteiger partial charge in [-0.3, -0.25) is 4.79 Å². The second kappa shape index (κ2) is 5.77. The van der Waals surface area contributed by atoms with E-state index in [-0.39, 0.29) is 5.91 Å². The Kier molecular flexibility index (Phi) is 3.84. The first-order valence-electron chi connectivity index (χ1n) is 6.96. The molecular weight excluding hydrogens is 284 g/mol. The zero-order valence-electron chi connectivity index (χ0n) is 11.9. The van der Waals surface area contributed by atoms with E-state index >= 15 is 0 Å². The topological polar surface area (TPSA) is 55.6 Å².